The molecule has 0 unspecified atom stereocenters. The predicted octanol–water partition coefficient (Wildman–Crippen LogP) is 1.44. The van der Waals surface area contributed by atoms with Gasteiger partial charge in [0, 0.05) is 25.5 Å². The lowest BCUT2D eigenvalue weighted by molar-refractivity contribution is 0.672. The SMILES string of the molecule is CN=C(NCCc1ccc(Cl)s1)NCc1ncnn1C. The minimum absolute atomic E-state index is 0.584. The van der Waals surface area contributed by atoms with Gasteiger partial charge in [0.15, 0.2) is 5.96 Å². The molecule has 0 amide bonds. The van der Waals surface area contributed by atoms with Gasteiger partial charge in [0.2, 0.25) is 0 Å². The van der Waals surface area contributed by atoms with Crippen LogP contribution in [-0.2, 0) is 20.0 Å². The maximum absolute atomic E-state index is 5.90. The topological polar surface area (TPSA) is 67.1 Å². The predicted molar refractivity (Wildman–Crippen MR) is 82.2 cm³/mol. The van der Waals surface area contributed by atoms with Crippen molar-refractivity contribution in [2.24, 2.45) is 12.0 Å². The van der Waals surface area contributed by atoms with Crippen molar-refractivity contribution >= 4 is 28.9 Å². The Hall–Kier alpha value is -1.60. The van der Waals surface area contributed by atoms with Crippen LogP contribution in [0.1, 0.15) is 10.7 Å². The van der Waals surface area contributed by atoms with Gasteiger partial charge >= 0.3 is 0 Å². The van der Waals surface area contributed by atoms with E-state index in [-0.39, 0.29) is 0 Å². The number of thiophene rings is 1. The molecule has 0 aliphatic carbocycles. The Morgan fingerprint density at radius 2 is 2.30 bits per heavy atom. The van der Waals surface area contributed by atoms with Crippen LogP contribution in [0.4, 0.5) is 0 Å². The van der Waals surface area contributed by atoms with E-state index in [0.717, 1.165) is 29.1 Å². The Morgan fingerprint density at radius 1 is 1.45 bits per heavy atom. The monoisotopic (exact) mass is 312 g/mol. The molecule has 0 saturated carbocycles. The second kappa shape index (κ2) is 7.25. The molecule has 0 aliphatic heterocycles. The first-order valence-electron chi connectivity index (χ1n) is 6.20. The van der Waals surface area contributed by atoms with Crippen LogP contribution in [0.5, 0.6) is 0 Å². The van der Waals surface area contributed by atoms with Gasteiger partial charge in [-0.25, -0.2) is 4.98 Å². The quantitative estimate of drug-likeness (QED) is 0.647. The number of guanidine groups is 1. The fourth-order valence-corrected chi connectivity index (χ4v) is 2.74. The molecule has 0 aromatic carbocycles. The van der Waals surface area contributed by atoms with Crippen LogP contribution < -0.4 is 10.6 Å². The Balaban J connectivity index is 1.74. The first-order valence-corrected chi connectivity index (χ1v) is 7.40. The van der Waals surface area contributed by atoms with E-state index in [1.54, 1.807) is 23.1 Å². The molecule has 0 radical (unpaired) electrons. The van der Waals surface area contributed by atoms with E-state index in [1.165, 1.54) is 11.2 Å². The average Bonchev–Trinajstić information content (AvgIpc) is 3.03. The lowest BCUT2D eigenvalue weighted by Crippen LogP contribution is -2.38. The molecule has 2 aromatic rings. The summed E-state index contributed by atoms with van der Waals surface area (Å²) in [6.45, 7) is 1.39. The van der Waals surface area contributed by atoms with Crippen LogP contribution in [0, 0.1) is 0 Å². The fraction of sp³-hybridized carbons (Fsp3) is 0.417. The molecule has 2 N–H and O–H groups in total. The number of nitrogens with one attached hydrogen (secondary N) is 2. The van der Waals surface area contributed by atoms with Gasteiger partial charge in [-0.15, -0.1) is 11.3 Å². The molecule has 2 heterocycles. The van der Waals surface area contributed by atoms with Crippen molar-refractivity contribution in [1.29, 1.82) is 0 Å². The molecule has 108 valence electrons. The van der Waals surface area contributed by atoms with Gasteiger partial charge in [0.1, 0.15) is 12.2 Å². The number of aliphatic imine (C=N–C) groups is 1. The van der Waals surface area contributed by atoms with E-state index in [2.05, 4.69) is 25.7 Å². The van der Waals surface area contributed by atoms with Gasteiger partial charge < -0.3 is 10.6 Å². The minimum atomic E-state index is 0.584. The highest BCUT2D eigenvalue weighted by molar-refractivity contribution is 7.16. The van der Waals surface area contributed by atoms with E-state index in [0.29, 0.717) is 6.54 Å². The molecule has 0 bridgehead atoms. The molecule has 2 rings (SSSR count). The normalized spacial score (nSPS) is 11.7. The first-order chi connectivity index (χ1) is 9.69. The zero-order chi connectivity index (χ0) is 14.4. The molecule has 0 fully saturated rings. The highest BCUT2D eigenvalue weighted by Gasteiger charge is 2.03. The summed E-state index contributed by atoms with van der Waals surface area (Å²) in [5.41, 5.74) is 0. The zero-order valence-electron chi connectivity index (χ0n) is 11.4. The van der Waals surface area contributed by atoms with Crippen molar-refractivity contribution < 1.29 is 0 Å². The number of hydrogen-bond acceptors (Lipinski definition) is 4. The highest BCUT2D eigenvalue weighted by atomic mass is 35.5. The highest BCUT2D eigenvalue weighted by Crippen LogP contribution is 2.21. The molecule has 0 spiro atoms. The van der Waals surface area contributed by atoms with Crippen molar-refractivity contribution in [2.75, 3.05) is 13.6 Å². The number of aryl methyl sites for hydroxylation is 1. The van der Waals surface area contributed by atoms with Gasteiger partial charge in [-0.1, -0.05) is 11.6 Å². The van der Waals surface area contributed by atoms with Crippen molar-refractivity contribution in [3.8, 4) is 0 Å². The van der Waals surface area contributed by atoms with Crippen LogP contribution in [0.15, 0.2) is 23.5 Å². The maximum atomic E-state index is 5.90. The Labute approximate surface area is 126 Å². The molecular weight excluding hydrogens is 296 g/mol. The summed E-state index contributed by atoms with van der Waals surface area (Å²) in [4.78, 5) is 9.57. The molecule has 0 aliphatic rings. The number of halogens is 1. The molecule has 20 heavy (non-hydrogen) atoms. The van der Waals surface area contributed by atoms with E-state index in [4.69, 9.17) is 11.6 Å². The van der Waals surface area contributed by atoms with Crippen molar-refractivity contribution in [3.63, 3.8) is 0 Å². The summed E-state index contributed by atoms with van der Waals surface area (Å²) < 4.78 is 2.55. The second-order valence-corrected chi connectivity index (χ2v) is 5.91. The number of aromatic nitrogens is 3. The Kier molecular flexibility index (Phi) is 5.37. The number of rotatable bonds is 5. The summed E-state index contributed by atoms with van der Waals surface area (Å²) in [6, 6.07) is 3.97. The van der Waals surface area contributed by atoms with E-state index in [1.807, 2.05) is 19.2 Å². The van der Waals surface area contributed by atoms with Crippen molar-refractivity contribution in [3.05, 3.63) is 33.5 Å². The summed E-state index contributed by atoms with van der Waals surface area (Å²) in [6.07, 6.45) is 2.45. The summed E-state index contributed by atoms with van der Waals surface area (Å²) >= 11 is 7.50. The van der Waals surface area contributed by atoms with E-state index < -0.39 is 0 Å². The third-order valence-corrected chi connectivity index (χ3v) is 4.03. The first kappa shape index (κ1) is 14.8. The van der Waals surface area contributed by atoms with Crippen LogP contribution in [0.3, 0.4) is 0 Å². The van der Waals surface area contributed by atoms with Crippen LogP contribution in [0.2, 0.25) is 4.34 Å². The standard InChI is InChI=1S/C12H17ClN6S/c1-14-12(16-7-11-17-8-18-19(11)2)15-6-5-9-3-4-10(13)20-9/h3-4,8H,5-7H2,1-2H3,(H2,14,15,16). The van der Waals surface area contributed by atoms with Crippen LogP contribution >= 0.6 is 22.9 Å². The van der Waals surface area contributed by atoms with Gasteiger partial charge in [0.25, 0.3) is 0 Å². The van der Waals surface area contributed by atoms with Crippen LogP contribution in [0.25, 0.3) is 0 Å². The van der Waals surface area contributed by atoms with Crippen molar-refractivity contribution in [2.45, 2.75) is 13.0 Å². The molecular formula is C12H17ClN6S. The molecule has 2 aromatic heterocycles. The lowest BCUT2D eigenvalue weighted by atomic mass is 10.3. The smallest absolute Gasteiger partial charge is 0.191 e. The fourth-order valence-electron chi connectivity index (χ4n) is 1.65. The largest absolute Gasteiger partial charge is 0.356 e. The van der Waals surface area contributed by atoms with Crippen LogP contribution in [-0.4, -0.2) is 34.3 Å². The molecule has 8 heteroatoms. The summed E-state index contributed by atoms with van der Waals surface area (Å²) in [5, 5.41) is 10.5. The molecule has 0 saturated heterocycles. The Morgan fingerprint density at radius 3 is 2.90 bits per heavy atom. The molecule has 6 nitrogen and oxygen atoms in total. The minimum Gasteiger partial charge on any atom is -0.356 e. The number of nitrogens with zero attached hydrogens (tertiary/aromatic N) is 4. The maximum Gasteiger partial charge on any atom is 0.191 e. The average molecular weight is 313 g/mol. The van der Waals surface area contributed by atoms with E-state index >= 15 is 0 Å². The zero-order valence-corrected chi connectivity index (χ0v) is 13.0. The number of hydrogen-bond donors (Lipinski definition) is 2. The van der Waals surface area contributed by atoms with Gasteiger partial charge in [-0.05, 0) is 18.6 Å². The van der Waals surface area contributed by atoms with E-state index in [9.17, 15) is 0 Å². The molecule has 0 atom stereocenters. The Bertz CT molecular complexity index is 576. The lowest BCUT2D eigenvalue weighted by Gasteiger charge is -2.10. The summed E-state index contributed by atoms with van der Waals surface area (Å²) in [5.74, 6) is 1.61. The van der Waals surface area contributed by atoms with Gasteiger partial charge in [-0.3, -0.25) is 9.67 Å². The third kappa shape index (κ3) is 4.21. The van der Waals surface area contributed by atoms with Gasteiger partial charge in [0.05, 0.1) is 10.9 Å². The van der Waals surface area contributed by atoms with Gasteiger partial charge in [-0.2, -0.15) is 5.10 Å². The third-order valence-electron chi connectivity index (χ3n) is 2.74. The second-order valence-electron chi connectivity index (χ2n) is 4.11. The van der Waals surface area contributed by atoms with Crippen molar-refractivity contribution in [1.82, 2.24) is 25.4 Å². The summed E-state index contributed by atoms with van der Waals surface area (Å²) in [7, 11) is 3.61.